The van der Waals surface area contributed by atoms with E-state index >= 15 is 0 Å². The summed E-state index contributed by atoms with van der Waals surface area (Å²) in [4.78, 5) is 21.0. The van der Waals surface area contributed by atoms with E-state index in [4.69, 9.17) is 0 Å². The predicted molar refractivity (Wildman–Crippen MR) is 115 cm³/mol. The molecule has 0 spiro atoms. The molecule has 5 rings (SSSR count). The van der Waals surface area contributed by atoms with Crippen LogP contribution in [0.25, 0.3) is 0 Å². The highest BCUT2D eigenvalue weighted by Crippen LogP contribution is 2.36. The van der Waals surface area contributed by atoms with Crippen molar-refractivity contribution >= 4 is 11.8 Å². The van der Waals surface area contributed by atoms with Gasteiger partial charge >= 0.3 is 6.18 Å². The third-order valence-electron chi connectivity index (χ3n) is 6.19. The summed E-state index contributed by atoms with van der Waals surface area (Å²) in [6.45, 7) is 2.36. The maximum Gasteiger partial charge on any atom is 0.433 e. The molecule has 166 valence electrons. The van der Waals surface area contributed by atoms with E-state index in [0.29, 0.717) is 32.0 Å². The summed E-state index contributed by atoms with van der Waals surface area (Å²) in [5.74, 6) is 0.777. The number of hydrogen-bond acceptors (Lipinski definition) is 6. The van der Waals surface area contributed by atoms with Crippen LogP contribution < -0.4 is 9.80 Å². The number of halogens is 3. The lowest BCUT2D eigenvalue weighted by atomic mass is 10.0. The third kappa shape index (κ3) is 4.24. The van der Waals surface area contributed by atoms with E-state index in [1.165, 1.54) is 0 Å². The van der Waals surface area contributed by atoms with Gasteiger partial charge in [-0.15, -0.1) is 0 Å². The Labute approximate surface area is 184 Å². The Morgan fingerprint density at radius 2 is 1.38 bits per heavy atom. The zero-order valence-electron chi connectivity index (χ0n) is 17.4. The van der Waals surface area contributed by atoms with Crippen LogP contribution in [0.5, 0.6) is 0 Å². The molecular formula is C23H23F3N6. The summed E-state index contributed by atoms with van der Waals surface area (Å²) in [6, 6.07) is 12.5. The standard InChI is InChI=1S/C23H23F3N6/c24-23(25,26)20-13-21(31-11-7-16(14-31)18-5-1-3-9-27-18)30-22(29-20)32-12-8-17(15-32)19-6-2-4-10-28-19/h1-6,9-10,13,16-17H,7-8,11-12,14-15H2. The van der Waals surface area contributed by atoms with Gasteiger partial charge in [-0.2, -0.15) is 18.2 Å². The molecule has 2 atom stereocenters. The van der Waals surface area contributed by atoms with Gasteiger partial charge in [0.25, 0.3) is 0 Å². The molecule has 3 aromatic rings. The minimum Gasteiger partial charge on any atom is -0.356 e. The summed E-state index contributed by atoms with van der Waals surface area (Å²) in [5, 5.41) is 0. The van der Waals surface area contributed by atoms with E-state index in [9.17, 15) is 13.2 Å². The molecule has 0 radical (unpaired) electrons. The lowest BCUT2D eigenvalue weighted by molar-refractivity contribution is -0.141. The van der Waals surface area contributed by atoms with Crippen molar-refractivity contribution in [2.45, 2.75) is 30.9 Å². The Kier molecular flexibility index (Phi) is 5.40. The van der Waals surface area contributed by atoms with Gasteiger partial charge in [-0.05, 0) is 37.1 Å². The van der Waals surface area contributed by atoms with Crippen molar-refractivity contribution < 1.29 is 13.2 Å². The van der Waals surface area contributed by atoms with Crippen LogP contribution in [0.4, 0.5) is 24.9 Å². The Balaban J connectivity index is 1.40. The van der Waals surface area contributed by atoms with Crippen LogP contribution in [0, 0.1) is 0 Å². The van der Waals surface area contributed by atoms with Crippen molar-refractivity contribution in [1.29, 1.82) is 0 Å². The van der Waals surface area contributed by atoms with Crippen LogP contribution in [0.3, 0.4) is 0 Å². The molecule has 0 bridgehead atoms. The fourth-order valence-corrected chi connectivity index (χ4v) is 4.50. The van der Waals surface area contributed by atoms with Crippen molar-refractivity contribution in [3.8, 4) is 0 Å². The van der Waals surface area contributed by atoms with Crippen molar-refractivity contribution in [3.63, 3.8) is 0 Å². The number of hydrogen-bond donors (Lipinski definition) is 0. The zero-order valence-corrected chi connectivity index (χ0v) is 17.4. The van der Waals surface area contributed by atoms with E-state index in [1.807, 2.05) is 46.2 Å². The molecule has 9 heteroatoms. The minimum absolute atomic E-state index is 0.134. The number of nitrogens with zero attached hydrogens (tertiary/aromatic N) is 6. The number of alkyl halides is 3. The molecule has 2 unspecified atom stereocenters. The quantitative estimate of drug-likeness (QED) is 0.604. The van der Waals surface area contributed by atoms with E-state index in [0.717, 1.165) is 30.3 Å². The van der Waals surface area contributed by atoms with Gasteiger partial charge in [0.15, 0.2) is 5.69 Å². The highest BCUT2D eigenvalue weighted by molar-refractivity contribution is 5.49. The highest BCUT2D eigenvalue weighted by atomic mass is 19.4. The van der Waals surface area contributed by atoms with Gasteiger partial charge < -0.3 is 9.80 Å². The molecule has 3 aromatic heterocycles. The van der Waals surface area contributed by atoms with Crippen molar-refractivity contribution in [1.82, 2.24) is 19.9 Å². The van der Waals surface area contributed by atoms with Gasteiger partial charge in [0.05, 0.1) is 0 Å². The first-order valence-corrected chi connectivity index (χ1v) is 10.8. The number of rotatable bonds is 4. The molecule has 32 heavy (non-hydrogen) atoms. The van der Waals surface area contributed by atoms with Crippen molar-refractivity contribution in [2.75, 3.05) is 36.0 Å². The fraction of sp³-hybridized carbons (Fsp3) is 0.391. The lowest BCUT2D eigenvalue weighted by Gasteiger charge is -2.23. The monoisotopic (exact) mass is 440 g/mol. The molecule has 5 heterocycles. The summed E-state index contributed by atoms with van der Waals surface area (Å²) in [7, 11) is 0. The van der Waals surface area contributed by atoms with E-state index in [1.54, 1.807) is 12.4 Å². The Bertz CT molecular complexity index is 985. The average molecular weight is 440 g/mol. The SMILES string of the molecule is FC(F)(F)c1cc(N2CCC(c3ccccn3)C2)nc(N2CCC(c3ccccn3)C2)n1. The second-order valence-corrected chi connectivity index (χ2v) is 8.28. The van der Waals surface area contributed by atoms with E-state index in [2.05, 4.69) is 19.9 Å². The number of anilines is 2. The van der Waals surface area contributed by atoms with Gasteiger partial charge in [-0.3, -0.25) is 9.97 Å². The minimum atomic E-state index is -4.54. The molecule has 2 aliphatic rings. The predicted octanol–water partition coefficient (Wildman–Crippen LogP) is 4.27. The molecule has 0 aliphatic carbocycles. The summed E-state index contributed by atoms with van der Waals surface area (Å²) < 4.78 is 41.0. The van der Waals surface area contributed by atoms with Crippen LogP contribution in [0.1, 0.15) is 41.8 Å². The molecule has 2 aliphatic heterocycles. The molecule has 0 aromatic carbocycles. The van der Waals surface area contributed by atoms with Gasteiger partial charge in [-0.1, -0.05) is 12.1 Å². The zero-order chi connectivity index (χ0) is 22.1. The van der Waals surface area contributed by atoms with Crippen LogP contribution in [0.2, 0.25) is 0 Å². The molecule has 6 nitrogen and oxygen atoms in total. The Hall–Kier alpha value is -3.23. The largest absolute Gasteiger partial charge is 0.433 e. The first-order valence-electron chi connectivity index (χ1n) is 10.8. The highest BCUT2D eigenvalue weighted by Gasteiger charge is 2.37. The molecule has 2 fully saturated rings. The summed E-state index contributed by atoms with van der Waals surface area (Å²) >= 11 is 0. The topological polar surface area (TPSA) is 58.0 Å². The maximum absolute atomic E-state index is 13.7. The van der Waals surface area contributed by atoms with Gasteiger partial charge in [0.2, 0.25) is 5.95 Å². The van der Waals surface area contributed by atoms with Crippen LogP contribution in [-0.4, -0.2) is 46.1 Å². The van der Waals surface area contributed by atoms with Crippen LogP contribution in [-0.2, 0) is 6.18 Å². The molecule has 0 amide bonds. The molecular weight excluding hydrogens is 417 g/mol. The normalized spacial score (nSPS) is 21.3. The van der Waals surface area contributed by atoms with E-state index in [-0.39, 0.29) is 17.8 Å². The molecule has 2 saturated heterocycles. The molecule has 0 saturated carbocycles. The first-order chi connectivity index (χ1) is 15.5. The Morgan fingerprint density at radius 3 is 1.94 bits per heavy atom. The van der Waals surface area contributed by atoms with E-state index < -0.39 is 11.9 Å². The van der Waals surface area contributed by atoms with Crippen LogP contribution in [0.15, 0.2) is 54.9 Å². The van der Waals surface area contributed by atoms with Crippen LogP contribution >= 0.6 is 0 Å². The van der Waals surface area contributed by atoms with Crippen molar-refractivity contribution in [2.24, 2.45) is 0 Å². The second-order valence-electron chi connectivity index (χ2n) is 8.28. The third-order valence-corrected chi connectivity index (χ3v) is 6.19. The summed E-state index contributed by atoms with van der Waals surface area (Å²) in [6.07, 6.45) is 0.573. The van der Waals surface area contributed by atoms with Gasteiger partial charge in [0.1, 0.15) is 5.82 Å². The average Bonchev–Trinajstić information content (AvgIpc) is 3.50. The first kappa shape index (κ1) is 20.7. The van der Waals surface area contributed by atoms with Crippen molar-refractivity contribution in [3.05, 3.63) is 71.9 Å². The van der Waals surface area contributed by atoms with Gasteiger partial charge in [0, 0.05) is 67.9 Å². The lowest BCUT2D eigenvalue weighted by Crippen LogP contribution is -2.27. The second kappa shape index (κ2) is 8.37. The fourth-order valence-electron chi connectivity index (χ4n) is 4.50. The Morgan fingerprint density at radius 1 is 0.781 bits per heavy atom. The summed E-state index contributed by atoms with van der Waals surface area (Å²) in [5.41, 5.74) is 0.998. The maximum atomic E-state index is 13.7. The smallest absolute Gasteiger partial charge is 0.356 e. The van der Waals surface area contributed by atoms with Gasteiger partial charge in [-0.25, -0.2) is 4.98 Å². The molecule has 0 N–H and O–H groups in total. The number of aromatic nitrogens is 4. The number of pyridine rings is 2.